The average molecular weight is 325 g/mol. The molecule has 126 valence electrons. The first-order chi connectivity index (χ1) is 11.6. The van der Waals surface area contributed by atoms with Crippen molar-refractivity contribution in [3.05, 3.63) is 35.7 Å². The van der Waals surface area contributed by atoms with Gasteiger partial charge in [0.15, 0.2) is 0 Å². The number of hydrogen-bond acceptors (Lipinski definition) is 4. The zero-order chi connectivity index (χ0) is 16.8. The number of pyridine rings is 1. The Kier molecular flexibility index (Phi) is 3.76. The van der Waals surface area contributed by atoms with Crippen LogP contribution >= 0.6 is 0 Å². The number of piperidine rings is 1. The van der Waals surface area contributed by atoms with Gasteiger partial charge >= 0.3 is 0 Å². The lowest BCUT2D eigenvalue weighted by Crippen LogP contribution is -2.45. The maximum atomic E-state index is 12.6. The molecule has 24 heavy (non-hydrogen) atoms. The number of amides is 2. The third-order valence-electron chi connectivity index (χ3n) is 5.75. The highest BCUT2D eigenvalue weighted by Gasteiger charge is 2.60. The number of carbonyl (C=O) groups excluding carboxylic acids is 2. The van der Waals surface area contributed by atoms with Crippen LogP contribution in [0, 0.1) is 18.8 Å². The van der Waals surface area contributed by atoms with Crippen molar-refractivity contribution in [2.45, 2.75) is 38.3 Å². The van der Waals surface area contributed by atoms with Crippen LogP contribution in [-0.4, -0.2) is 52.3 Å². The smallest absolute Gasteiger partial charge is 0.234 e. The van der Waals surface area contributed by atoms with Gasteiger partial charge in [-0.3, -0.25) is 24.4 Å². The Bertz CT molecular complexity index is 714. The van der Waals surface area contributed by atoms with Gasteiger partial charge in [0.25, 0.3) is 0 Å². The van der Waals surface area contributed by atoms with Gasteiger partial charge in [-0.05, 0) is 44.5 Å². The zero-order valence-corrected chi connectivity index (χ0v) is 14.2. The summed E-state index contributed by atoms with van der Waals surface area (Å²) in [6.07, 6.45) is 7.39. The molecule has 0 spiro atoms. The second kappa shape index (κ2) is 5.81. The van der Waals surface area contributed by atoms with Crippen LogP contribution in [0.4, 0.5) is 0 Å². The van der Waals surface area contributed by atoms with Crippen molar-refractivity contribution in [1.29, 1.82) is 0 Å². The zero-order valence-electron chi connectivity index (χ0n) is 14.2. The summed E-state index contributed by atoms with van der Waals surface area (Å²) in [6, 6.07) is 6.14. The third kappa shape index (κ3) is 2.30. The fourth-order valence-corrected chi connectivity index (χ4v) is 4.65. The van der Waals surface area contributed by atoms with Gasteiger partial charge in [-0.1, -0.05) is 18.6 Å². The number of likely N-dealkylation sites (tertiary alicyclic amines) is 1. The van der Waals surface area contributed by atoms with Crippen molar-refractivity contribution in [1.82, 2.24) is 14.8 Å². The molecule has 0 aromatic carbocycles. The maximum absolute atomic E-state index is 12.6. The molecule has 4 rings (SSSR count). The van der Waals surface area contributed by atoms with Crippen LogP contribution < -0.4 is 0 Å². The minimum atomic E-state index is -0.230. The van der Waals surface area contributed by atoms with Crippen LogP contribution in [0.1, 0.15) is 30.7 Å². The highest BCUT2D eigenvalue weighted by Crippen LogP contribution is 2.45. The van der Waals surface area contributed by atoms with Crippen LogP contribution in [0.5, 0.6) is 0 Å². The summed E-state index contributed by atoms with van der Waals surface area (Å²) in [5.74, 6) is -0.410. The lowest BCUT2D eigenvalue weighted by molar-refractivity contribution is -0.139. The second-order valence-electron chi connectivity index (χ2n) is 7.14. The molecular weight excluding hydrogens is 302 g/mol. The number of aromatic nitrogens is 1. The van der Waals surface area contributed by atoms with Crippen LogP contribution in [0.15, 0.2) is 24.3 Å². The molecule has 3 aliphatic heterocycles. The second-order valence-corrected chi connectivity index (χ2v) is 7.14. The fourth-order valence-electron chi connectivity index (χ4n) is 4.65. The van der Waals surface area contributed by atoms with E-state index in [1.807, 2.05) is 31.2 Å². The van der Waals surface area contributed by atoms with Gasteiger partial charge in [0.2, 0.25) is 11.8 Å². The normalized spacial score (nSPS) is 33.3. The molecule has 0 aliphatic carbocycles. The maximum Gasteiger partial charge on any atom is 0.234 e. The Morgan fingerprint density at radius 3 is 2.75 bits per heavy atom. The number of hydrogen-bond donors (Lipinski definition) is 0. The van der Waals surface area contributed by atoms with E-state index in [-0.39, 0.29) is 35.7 Å². The molecule has 3 fully saturated rings. The monoisotopic (exact) mass is 325 g/mol. The molecule has 0 N–H and O–H groups in total. The van der Waals surface area contributed by atoms with Gasteiger partial charge in [-0.15, -0.1) is 0 Å². The molecule has 3 aliphatic rings. The van der Waals surface area contributed by atoms with E-state index in [1.54, 1.807) is 7.05 Å². The van der Waals surface area contributed by atoms with Crippen LogP contribution in [0.3, 0.4) is 0 Å². The van der Waals surface area contributed by atoms with Crippen molar-refractivity contribution in [2.24, 2.45) is 11.8 Å². The SMILES string of the molecule is Cc1cccc(C=CC2C3C(=O)N(C)C(=O)C3C3CCCCN23)n1. The molecule has 4 heterocycles. The lowest BCUT2D eigenvalue weighted by Gasteiger charge is -2.35. The van der Waals surface area contributed by atoms with Gasteiger partial charge in [0, 0.05) is 24.8 Å². The van der Waals surface area contributed by atoms with E-state index < -0.39 is 0 Å². The molecule has 4 atom stereocenters. The molecule has 4 unspecified atom stereocenters. The lowest BCUT2D eigenvalue weighted by atomic mass is 9.87. The highest BCUT2D eigenvalue weighted by atomic mass is 16.2. The Morgan fingerprint density at radius 2 is 1.96 bits per heavy atom. The highest BCUT2D eigenvalue weighted by molar-refractivity contribution is 6.06. The summed E-state index contributed by atoms with van der Waals surface area (Å²) >= 11 is 0. The molecule has 1 aromatic rings. The van der Waals surface area contributed by atoms with Crippen molar-refractivity contribution in [3.63, 3.8) is 0 Å². The molecule has 5 nitrogen and oxygen atoms in total. The first-order valence-electron chi connectivity index (χ1n) is 8.77. The standard InChI is InChI=1S/C19H23N3O2/c1-12-6-5-7-13(20-12)9-10-15-17-16(18(23)21(2)19(17)24)14-8-3-4-11-22(14)15/h5-7,9-10,14-17H,3-4,8,11H2,1-2H3. The quantitative estimate of drug-likeness (QED) is 0.779. The summed E-state index contributed by atoms with van der Waals surface area (Å²) < 4.78 is 0. The average Bonchev–Trinajstić information content (AvgIpc) is 3.02. The van der Waals surface area contributed by atoms with Crippen molar-refractivity contribution in [2.75, 3.05) is 13.6 Å². The van der Waals surface area contributed by atoms with Crippen molar-refractivity contribution in [3.8, 4) is 0 Å². The van der Waals surface area contributed by atoms with Gasteiger partial charge < -0.3 is 0 Å². The molecule has 0 radical (unpaired) electrons. The van der Waals surface area contributed by atoms with Gasteiger partial charge in [-0.25, -0.2) is 0 Å². The Morgan fingerprint density at radius 1 is 1.17 bits per heavy atom. The topological polar surface area (TPSA) is 53.5 Å². The van der Waals surface area contributed by atoms with E-state index in [0.717, 1.165) is 37.2 Å². The number of carbonyl (C=O) groups is 2. The minimum absolute atomic E-state index is 0.00372. The Hall–Kier alpha value is -2.01. The molecular formula is C19H23N3O2. The summed E-state index contributed by atoms with van der Waals surface area (Å²) in [5.41, 5.74) is 1.88. The van der Waals surface area contributed by atoms with Gasteiger partial charge in [0.05, 0.1) is 17.5 Å². The molecule has 0 saturated carbocycles. The molecule has 3 saturated heterocycles. The number of aryl methyl sites for hydroxylation is 1. The van der Waals surface area contributed by atoms with Crippen molar-refractivity contribution < 1.29 is 9.59 Å². The van der Waals surface area contributed by atoms with Crippen LogP contribution in [0.25, 0.3) is 6.08 Å². The van der Waals surface area contributed by atoms with E-state index in [0.29, 0.717) is 0 Å². The largest absolute Gasteiger partial charge is 0.292 e. The Balaban J connectivity index is 1.67. The van der Waals surface area contributed by atoms with Gasteiger partial charge in [0.1, 0.15) is 0 Å². The number of fused-ring (bicyclic) bond motifs is 3. The predicted octanol–water partition coefficient (Wildman–Crippen LogP) is 1.87. The summed E-state index contributed by atoms with van der Waals surface area (Å²) in [4.78, 5) is 33.4. The fraction of sp³-hybridized carbons (Fsp3) is 0.526. The summed E-state index contributed by atoms with van der Waals surface area (Å²) in [6.45, 7) is 2.94. The first-order valence-corrected chi connectivity index (χ1v) is 8.77. The third-order valence-corrected chi connectivity index (χ3v) is 5.75. The molecule has 2 amide bonds. The summed E-state index contributed by atoms with van der Waals surface area (Å²) in [5, 5.41) is 0. The van der Waals surface area contributed by atoms with Crippen LogP contribution in [-0.2, 0) is 9.59 Å². The number of imide groups is 1. The van der Waals surface area contributed by atoms with E-state index >= 15 is 0 Å². The van der Waals surface area contributed by atoms with E-state index in [9.17, 15) is 9.59 Å². The first kappa shape index (κ1) is 15.5. The van der Waals surface area contributed by atoms with Crippen LogP contribution in [0.2, 0.25) is 0 Å². The molecule has 5 heteroatoms. The minimum Gasteiger partial charge on any atom is -0.292 e. The number of nitrogens with zero attached hydrogens (tertiary/aromatic N) is 3. The predicted molar refractivity (Wildman–Crippen MR) is 90.9 cm³/mol. The van der Waals surface area contributed by atoms with Crippen molar-refractivity contribution >= 4 is 17.9 Å². The number of rotatable bonds is 2. The molecule has 1 aromatic heterocycles. The summed E-state index contributed by atoms with van der Waals surface area (Å²) in [7, 11) is 1.62. The van der Waals surface area contributed by atoms with E-state index in [4.69, 9.17) is 0 Å². The van der Waals surface area contributed by atoms with E-state index in [1.165, 1.54) is 4.90 Å². The Labute approximate surface area is 142 Å². The molecule has 0 bridgehead atoms. The van der Waals surface area contributed by atoms with Gasteiger partial charge in [-0.2, -0.15) is 0 Å². The van der Waals surface area contributed by atoms with E-state index in [2.05, 4.69) is 16.0 Å².